The molecule has 1 saturated heterocycles. The third kappa shape index (κ3) is 4.46. The summed E-state index contributed by atoms with van der Waals surface area (Å²) in [7, 11) is 2.18. The lowest BCUT2D eigenvalue weighted by atomic mass is 10.2. The summed E-state index contributed by atoms with van der Waals surface area (Å²) in [4.78, 5) is 4.96. The van der Waals surface area contributed by atoms with E-state index in [1.807, 2.05) is 0 Å². The molecule has 1 heterocycles. The molecule has 1 aliphatic heterocycles. The van der Waals surface area contributed by atoms with Gasteiger partial charge in [0, 0.05) is 31.4 Å². The number of hydrogen-bond donors (Lipinski definition) is 1. The fraction of sp³-hybridized carbons (Fsp3) is 0.625. The first kappa shape index (κ1) is 15.3. The average Bonchev–Trinajstić information content (AvgIpc) is 2.88. The van der Waals surface area contributed by atoms with Gasteiger partial charge in [0.05, 0.1) is 0 Å². The van der Waals surface area contributed by atoms with Crippen molar-refractivity contribution in [1.29, 1.82) is 0 Å². The molecule has 4 heteroatoms. The van der Waals surface area contributed by atoms with E-state index in [0.29, 0.717) is 0 Å². The number of hydrogen-bond acceptors (Lipinski definition) is 3. The zero-order valence-corrected chi connectivity index (χ0v) is 12.6. The van der Waals surface area contributed by atoms with Gasteiger partial charge in [0.15, 0.2) is 0 Å². The van der Waals surface area contributed by atoms with Crippen LogP contribution in [-0.4, -0.2) is 55.6 Å². The van der Waals surface area contributed by atoms with Gasteiger partial charge in [-0.1, -0.05) is 6.92 Å². The number of likely N-dealkylation sites (tertiary alicyclic amines) is 1. The van der Waals surface area contributed by atoms with E-state index in [2.05, 4.69) is 29.1 Å². The number of nitrogens with one attached hydrogen (secondary N) is 1. The van der Waals surface area contributed by atoms with Crippen molar-refractivity contribution in [2.45, 2.75) is 25.8 Å². The molecule has 0 spiro atoms. The number of nitrogens with zero attached hydrogens (tertiary/aromatic N) is 2. The molecule has 1 aliphatic rings. The fourth-order valence-electron chi connectivity index (χ4n) is 2.93. The molecule has 0 aromatic heterocycles. The molecule has 1 unspecified atom stereocenters. The number of anilines is 1. The number of rotatable bonds is 7. The third-order valence-electron chi connectivity index (χ3n) is 4.09. The van der Waals surface area contributed by atoms with Crippen LogP contribution in [0.5, 0.6) is 0 Å². The Balaban J connectivity index is 1.67. The highest BCUT2D eigenvalue weighted by molar-refractivity contribution is 5.42. The Morgan fingerprint density at radius 2 is 2.10 bits per heavy atom. The number of benzene rings is 1. The van der Waals surface area contributed by atoms with Crippen molar-refractivity contribution in [3.05, 3.63) is 30.1 Å². The van der Waals surface area contributed by atoms with E-state index < -0.39 is 0 Å². The lowest BCUT2D eigenvalue weighted by Gasteiger charge is -2.27. The first-order valence-corrected chi connectivity index (χ1v) is 7.61. The zero-order chi connectivity index (χ0) is 14.4. The summed E-state index contributed by atoms with van der Waals surface area (Å²) < 4.78 is 12.8. The van der Waals surface area contributed by atoms with Crippen molar-refractivity contribution in [3.8, 4) is 0 Å². The smallest absolute Gasteiger partial charge is 0.123 e. The van der Waals surface area contributed by atoms with Crippen molar-refractivity contribution < 1.29 is 4.39 Å². The Labute approximate surface area is 121 Å². The molecule has 1 aromatic rings. The molecule has 1 atom stereocenters. The Kier molecular flexibility index (Phi) is 5.80. The van der Waals surface area contributed by atoms with Crippen LogP contribution in [0.4, 0.5) is 10.1 Å². The first-order chi connectivity index (χ1) is 9.69. The summed E-state index contributed by atoms with van der Waals surface area (Å²) in [5.41, 5.74) is 0.982. The molecule has 0 amide bonds. The van der Waals surface area contributed by atoms with Crippen molar-refractivity contribution >= 4 is 5.69 Å². The van der Waals surface area contributed by atoms with E-state index in [-0.39, 0.29) is 5.82 Å². The third-order valence-corrected chi connectivity index (χ3v) is 4.09. The molecular formula is C16H26FN3. The summed E-state index contributed by atoms with van der Waals surface area (Å²) in [6.45, 7) is 7.69. The van der Waals surface area contributed by atoms with E-state index in [4.69, 9.17) is 0 Å². The molecule has 112 valence electrons. The van der Waals surface area contributed by atoms with Gasteiger partial charge in [0.1, 0.15) is 5.82 Å². The fourth-order valence-corrected chi connectivity index (χ4v) is 2.93. The molecule has 20 heavy (non-hydrogen) atoms. The molecule has 0 bridgehead atoms. The molecule has 3 nitrogen and oxygen atoms in total. The van der Waals surface area contributed by atoms with Crippen molar-refractivity contribution in [3.63, 3.8) is 0 Å². The Morgan fingerprint density at radius 3 is 2.80 bits per heavy atom. The van der Waals surface area contributed by atoms with Crippen LogP contribution in [-0.2, 0) is 0 Å². The highest BCUT2D eigenvalue weighted by Crippen LogP contribution is 2.17. The van der Waals surface area contributed by atoms with Crippen LogP contribution in [0.15, 0.2) is 24.3 Å². The maximum atomic E-state index is 12.8. The first-order valence-electron chi connectivity index (χ1n) is 7.61. The van der Waals surface area contributed by atoms with Crippen LogP contribution < -0.4 is 5.32 Å². The van der Waals surface area contributed by atoms with Gasteiger partial charge in [-0.15, -0.1) is 0 Å². The quantitative estimate of drug-likeness (QED) is 0.828. The van der Waals surface area contributed by atoms with Crippen LogP contribution in [0.2, 0.25) is 0 Å². The van der Waals surface area contributed by atoms with Gasteiger partial charge in [-0.25, -0.2) is 4.39 Å². The predicted octanol–water partition coefficient (Wildman–Crippen LogP) is 2.65. The van der Waals surface area contributed by atoms with Gasteiger partial charge >= 0.3 is 0 Å². The molecule has 1 fully saturated rings. The van der Waals surface area contributed by atoms with Gasteiger partial charge in [-0.05, 0) is 57.2 Å². The standard InChI is InChI=1S/C16H26FN3/c1-3-20-11-4-5-16(20)13-19(2)12-10-18-15-8-6-14(17)7-9-15/h6-9,16,18H,3-5,10-13H2,1-2H3. The average molecular weight is 279 g/mol. The molecular weight excluding hydrogens is 253 g/mol. The Hall–Kier alpha value is -1.13. The van der Waals surface area contributed by atoms with Crippen molar-refractivity contribution in [2.24, 2.45) is 0 Å². The van der Waals surface area contributed by atoms with Gasteiger partial charge in [-0.3, -0.25) is 4.90 Å². The van der Waals surface area contributed by atoms with Gasteiger partial charge in [0.2, 0.25) is 0 Å². The Bertz CT molecular complexity index is 393. The molecule has 1 N–H and O–H groups in total. The van der Waals surface area contributed by atoms with Crippen LogP contribution in [0.25, 0.3) is 0 Å². The van der Waals surface area contributed by atoms with Crippen LogP contribution in [0.3, 0.4) is 0 Å². The van der Waals surface area contributed by atoms with E-state index >= 15 is 0 Å². The molecule has 2 rings (SSSR count). The van der Waals surface area contributed by atoms with Crippen LogP contribution in [0.1, 0.15) is 19.8 Å². The van der Waals surface area contributed by atoms with E-state index in [0.717, 1.165) is 37.9 Å². The largest absolute Gasteiger partial charge is 0.384 e. The maximum Gasteiger partial charge on any atom is 0.123 e. The van der Waals surface area contributed by atoms with E-state index in [1.165, 1.54) is 31.5 Å². The van der Waals surface area contributed by atoms with Crippen LogP contribution >= 0.6 is 0 Å². The SMILES string of the molecule is CCN1CCCC1CN(C)CCNc1ccc(F)cc1. The second kappa shape index (κ2) is 7.60. The normalized spacial score (nSPS) is 19.7. The van der Waals surface area contributed by atoms with E-state index in [9.17, 15) is 4.39 Å². The summed E-state index contributed by atoms with van der Waals surface area (Å²) >= 11 is 0. The second-order valence-electron chi connectivity index (χ2n) is 5.62. The zero-order valence-electron chi connectivity index (χ0n) is 12.6. The highest BCUT2D eigenvalue weighted by atomic mass is 19.1. The number of halogens is 1. The Morgan fingerprint density at radius 1 is 1.35 bits per heavy atom. The highest BCUT2D eigenvalue weighted by Gasteiger charge is 2.23. The monoisotopic (exact) mass is 279 g/mol. The maximum absolute atomic E-state index is 12.8. The molecule has 0 saturated carbocycles. The van der Waals surface area contributed by atoms with Gasteiger partial charge < -0.3 is 10.2 Å². The van der Waals surface area contributed by atoms with Gasteiger partial charge in [0.25, 0.3) is 0 Å². The molecule has 1 aromatic carbocycles. The second-order valence-corrected chi connectivity index (χ2v) is 5.62. The summed E-state index contributed by atoms with van der Waals surface area (Å²) in [6, 6.07) is 7.26. The van der Waals surface area contributed by atoms with E-state index in [1.54, 1.807) is 12.1 Å². The topological polar surface area (TPSA) is 18.5 Å². The number of likely N-dealkylation sites (N-methyl/N-ethyl adjacent to an activating group) is 2. The minimum absolute atomic E-state index is 0.187. The van der Waals surface area contributed by atoms with Crippen LogP contribution in [0, 0.1) is 5.82 Å². The van der Waals surface area contributed by atoms with Crippen molar-refractivity contribution in [2.75, 3.05) is 45.1 Å². The lowest BCUT2D eigenvalue weighted by molar-refractivity contribution is 0.202. The summed E-state index contributed by atoms with van der Waals surface area (Å²) in [6.07, 6.45) is 2.66. The summed E-state index contributed by atoms with van der Waals surface area (Å²) in [5.74, 6) is -0.187. The predicted molar refractivity (Wildman–Crippen MR) is 82.7 cm³/mol. The van der Waals surface area contributed by atoms with Crippen molar-refractivity contribution in [1.82, 2.24) is 9.80 Å². The lowest BCUT2D eigenvalue weighted by Crippen LogP contribution is -2.40. The minimum atomic E-state index is -0.187. The molecule has 0 aliphatic carbocycles. The summed E-state index contributed by atoms with van der Waals surface area (Å²) in [5, 5.41) is 3.33. The van der Waals surface area contributed by atoms with Gasteiger partial charge in [-0.2, -0.15) is 0 Å². The minimum Gasteiger partial charge on any atom is -0.384 e. The molecule has 0 radical (unpaired) electrons.